The number of hydrogen-bond donors (Lipinski definition) is 3. The van der Waals surface area contributed by atoms with Gasteiger partial charge >= 0.3 is 6.18 Å². The summed E-state index contributed by atoms with van der Waals surface area (Å²) in [5.41, 5.74) is 1.41. The molecule has 0 heterocycles. The summed E-state index contributed by atoms with van der Waals surface area (Å²) in [4.78, 5) is 0. The van der Waals surface area contributed by atoms with Crippen LogP contribution < -0.4 is 21.3 Å². The Morgan fingerprint density at radius 3 is 2.47 bits per heavy atom. The molecule has 1 rings (SSSR count). The second-order valence-electron chi connectivity index (χ2n) is 3.05. The maximum Gasteiger partial charge on any atom is 0.416 e. The van der Waals surface area contributed by atoms with Crippen LogP contribution in [-0.2, 0) is 6.18 Å². The molecule has 94 valence electrons. The molecule has 0 aliphatic carbocycles. The number of methoxy groups -OCH3 is 1. The van der Waals surface area contributed by atoms with Crippen molar-refractivity contribution in [3.05, 3.63) is 23.8 Å². The average Bonchev–Trinajstić information content (AvgIpc) is 2.27. The number of anilines is 1. The van der Waals surface area contributed by atoms with Crippen molar-refractivity contribution in [2.75, 3.05) is 12.4 Å². The van der Waals surface area contributed by atoms with Crippen LogP contribution in [0.25, 0.3) is 0 Å². The summed E-state index contributed by atoms with van der Waals surface area (Å²) >= 11 is 4.68. The number of thiocarbonyl (C=S) groups is 1. The first-order valence-corrected chi connectivity index (χ1v) is 4.81. The highest BCUT2D eigenvalue weighted by Crippen LogP contribution is 2.33. The van der Waals surface area contributed by atoms with Crippen molar-refractivity contribution in [3.63, 3.8) is 0 Å². The fraction of sp³-hybridized carbons (Fsp3) is 0.222. The van der Waals surface area contributed by atoms with Gasteiger partial charge in [-0.3, -0.25) is 0 Å². The molecule has 0 saturated carbocycles. The third-order valence-corrected chi connectivity index (χ3v) is 2.08. The van der Waals surface area contributed by atoms with Crippen LogP contribution in [0.3, 0.4) is 0 Å². The number of ether oxygens (including phenoxy) is 1. The van der Waals surface area contributed by atoms with Crippen molar-refractivity contribution >= 4 is 23.0 Å². The van der Waals surface area contributed by atoms with E-state index in [1.54, 1.807) is 0 Å². The summed E-state index contributed by atoms with van der Waals surface area (Å²) in [6, 6.07) is 3.18. The third-order valence-electron chi connectivity index (χ3n) is 1.86. The topological polar surface area (TPSA) is 59.3 Å². The normalized spacial score (nSPS) is 10.9. The highest BCUT2D eigenvalue weighted by Gasteiger charge is 2.31. The molecule has 0 fully saturated rings. The second-order valence-corrected chi connectivity index (χ2v) is 3.45. The highest BCUT2D eigenvalue weighted by atomic mass is 32.1. The molecule has 1 aromatic carbocycles. The van der Waals surface area contributed by atoms with Crippen molar-refractivity contribution in [2.45, 2.75) is 6.18 Å². The molecule has 0 aromatic heterocycles. The van der Waals surface area contributed by atoms with Gasteiger partial charge in [-0.05, 0) is 24.4 Å². The van der Waals surface area contributed by atoms with E-state index in [0.29, 0.717) is 0 Å². The van der Waals surface area contributed by atoms with Crippen LogP contribution in [0.4, 0.5) is 18.9 Å². The molecule has 4 nitrogen and oxygen atoms in total. The Kier molecular flexibility index (Phi) is 4.13. The summed E-state index contributed by atoms with van der Waals surface area (Å²) in [5, 5.41) is 2.50. The van der Waals surface area contributed by atoms with Gasteiger partial charge in [0.15, 0.2) is 5.11 Å². The molecule has 0 unspecified atom stereocenters. The van der Waals surface area contributed by atoms with Gasteiger partial charge in [-0.1, -0.05) is 0 Å². The first-order valence-electron chi connectivity index (χ1n) is 4.40. The number of nitrogens with two attached hydrogens (primary N) is 1. The number of rotatable bonds is 2. The number of hydrazine groups is 1. The fourth-order valence-corrected chi connectivity index (χ4v) is 1.24. The monoisotopic (exact) mass is 265 g/mol. The van der Waals surface area contributed by atoms with Crippen LogP contribution in [0.5, 0.6) is 5.75 Å². The van der Waals surface area contributed by atoms with Gasteiger partial charge < -0.3 is 15.5 Å². The van der Waals surface area contributed by atoms with Crippen LogP contribution in [0.15, 0.2) is 18.2 Å². The molecule has 0 spiro atoms. The lowest BCUT2D eigenvalue weighted by molar-refractivity contribution is -0.137. The quantitative estimate of drug-likeness (QED) is 0.433. The summed E-state index contributed by atoms with van der Waals surface area (Å²) in [6.07, 6.45) is -4.46. The molecule has 17 heavy (non-hydrogen) atoms. The third kappa shape index (κ3) is 3.75. The predicted octanol–water partition coefficient (Wildman–Crippen LogP) is 1.87. The van der Waals surface area contributed by atoms with Gasteiger partial charge in [0.05, 0.1) is 12.7 Å². The summed E-state index contributed by atoms with van der Waals surface area (Å²) < 4.78 is 42.4. The summed E-state index contributed by atoms with van der Waals surface area (Å²) in [7, 11) is 1.28. The molecule has 4 N–H and O–H groups in total. The van der Waals surface area contributed by atoms with E-state index in [2.05, 4.69) is 23.0 Å². The Bertz CT molecular complexity index is 422. The zero-order valence-electron chi connectivity index (χ0n) is 8.76. The van der Waals surface area contributed by atoms with Gasteiger partial charge in [-0.15, -0.1) is 0 Å². The van der Waals surface area contributed by atoms with Gasteiger partial charge in [-0.2, -0.15) is 13.2 Å². The molecule has 0 saturated heterocycles. The Morgan fingerprint density at radius 1 is 1.35 bits per heavy atom. The predicted molar refractivity (Wildman–Crippen MR) is 61.5 cm³/mol. The van der Waals surface area contributed by atoms with Gasteiger partial charge in [0.25, 0.3) is 0 Å². The molecule has 1 aromatic rings. The van der Waals surface area contributed by atoms with E-state index >= 15 is 0 Å². The largest absolute Gasteiger partial charge is 0.497 e. The lowest BCUT2D eigenvalue weighted by Crippen LogP contribution is -2.34. The Hall–Kier alpha value is -1.54. The van der Waals surface area contributed by atoms with E-state index in [1.165, 1.54) is 13.2 Å². The molecule has 0 bridgehead atoms. The molecular formula is C9H10F3N3OS. The van der Waals surface area contributed by atoms with Gasteiger partial charge in [0.1, 0.15) is 5.75 Å². The fourth-order valence-electron chi connectivity index (χ4n) is 1.12. The lowest BCUT2D eigenvalue weighted by atomic mass is 10.2. The van der Waals surface area contributed by atoms with Crippen LogP contribution in [0.1, 0.15) is 5.56 Å². The van der Waals surface area contributed by atoms with Gasteiger partial charge in [0.2, 0.25) is 0 Å². The molecule has 0 radical (unpaired) electrons. The summed E-state index contributed by atoms with van der Waals surface area (Å²) in [6.45, 7) is 0. The number of halogens is 3. The van der Waals surface area contributed by atoms with Crippen molar-refractivity contribution in [1.29, 1.82) is 0 Å². The van der Waals surface area contributed by atoms with E-state index in [-0.39, 0.29) is 16.5 Å². The molecular weight excluding hydrogens is 255 g/mol. The zero-order valence-corrected chi connectivity index (χ0v) is 9.58. The summed E-state index contributed by atoms with van der Waals surface area (Å²) in [5.74, 6) is 5.08. The Labute approximate surface area is 101 Å². The first-order chi connectivity index (χ1) is 7.86. The molecule has 0 atom stereocenters. The molecule has 0 amide bonds. The van der Waals surface area contributed by atoms with Crippen LogP contribution in [0, 0.1) is 0 Å². The van der Waals surface area contributed by atoms with Crippen molar-refractivity contribution < 1.29 is 17.9 Å². The Balaban J connectivity index is 3.10. The van der Waals surface area contributed by atoms with Crippen molar-refractivity contribution in [1.82, 2.24) is 5.43 Å². The van der Waals surface area contributed by atoms with E-state index in [0.717, 1.165) is 12.1 Å². The number of alkyl halides is 3. The standard InChI is InChI=1S/C9H10F3N3OS/c1-16-7-3-5(9(10,11)12)2-6(4-7)14-8(17)15-13/h2-4H,13H2,1H3,(H2,14,15,17). The molecule has 8 heteroatoms. The van der Waals surface area contributed by atoms with Crippen LogP contribution in [-0.4, -0.2) is 12.2 Å². The SMILES string of the molecule is COc1cc(NC(=S)NN)cc(C(F)(F)F)c1. The maximum atomic E-state index is 12.5. The van der Waals surface area contributed by atoms with Gasteiger partial charge in [-0.25, -0.2) is 5.84 Å². The van der Waals surface area contributed by atoms with Crippen LogP contribution in [0.2, 0.25) is 0 Å². The van der Waals surface area contributed by atoms with E-state index in [9.17, 15) is 13.2 Å². The van der Waals surface area contributed by atoms with Crippen molar-refractivity contribution in [2.24, 2.45) is 5.84 Å². The van der Waals surface area contributed by atoms with E-state index in [4.69, 9.17) is 10.6 Å². The minimum Gasteiger partial charge on any atom is -0.497 e. The van der Waals surface area contributed by atoms with E-state index in [1.807, 2.05) is 0 Å². The average molecular weight is 265 g/mol. The zero-order chi connectivity index (χ0) is 13.1. The smallest absolute Gasteiger partial charge is 0.416 e. The van der Waals surface area contributed by atoms with Crippen molar-refractivity contribution in [3.8, 4) is 5.75 Å². The Morgan fingerprint density at radius 2 is 2.00 bits per heavy atom. The lowest BCUT2D eigenvalue weighted by Gasteiger charge is -2.13. The number of benzene rings is 1. The van der Waals surface area contributed by atoms with Crippen LogP contribution >= 0.6 is 12.2 Å². The van der Waals surface area contributed by atoms with E-state index < -0.39 is 11.7 Å². The molecule has 0 aliphatic rings. The highest BCUT2D eigenvalue weighted by molar-refractivity contribution is 7.80. The maximum absolute atomic E-state index is 12.5. The number of nitrogens with one attached hydrogen (secondary N) is 2. The minimum atomic E-state index is -4.46. The first kappa shape index (κ1) is 13.5. The molecule has 0 aliphatic heterocycles. The van der Waals surface area contributed by atoms with Gasteiger partial charge in [0, 0.05) is 11.8 Å². The second kappa shape index (κ2) is 5.19. The minimum absolute atomic E-state index is 0.00591. The number of hydrogen-bond acceptors (Lipinski definition) is 3.